The van der Waals surface area contributed by atoms with Crippen molar-refractivity contribution in [2.75, 3.05) is 0 Å². The molecule has 3 aromatic carbocycles. The van der Waals surface area contributed by atoms with Gasteiger partial charge in [0.1, 0.15) is 5.75 Å². The van der Waals surface area contributed by atoms with Gasteiger partial charge in [-0.15, -0.1) is 0 Å². The zero-order chi connectivity index (χ0) is 17.5. The van der Waals surface area contributed by atoms with Gasteiger partial charge >= 0.3 is 6.16 Å². The van der Waals surface area contributed by atoms with Crippen molar-refractivity contribution in [2.45, 2.75) is 17.6 Å². The van der Waals surface area contributed by atoms with Gasteiger partial charge in [-0.1, -0.05) is 66.2 Å². The molecule has 0 aliphatic rings. The molecule has 126 valence electrons. The Morgan fingerprint density at radius 1 is 0.840 bits per heavy atom. The third-order valence-electron chi connectivity index (χ3n) is 3.54. The van der Waals surface area contributed by atoms with Crippen LogP contribution in [0.3, 0.4) is 0 Å². The number of para-hydroxylation sites is 1. The molecule has 0 aliphatic heterocycles. The van der Waals surface area contributed by atoms with E-state index < -0.39 is 17.3 Å². The summed E-state index contributed by atoms with van der Waals surface area (Å²) in [4.78, 5) is 13.2. The molecule has 3 nitrogen and oxygen atoms in total. The Hall–Kier alpha value is -2.72. The van der Waals surface area contributed by atoms with E-state index in [4.69, 9.17) is 8.92 Å². The van der Waals surface area contributed by atoms with E-state index >= 15 is 0 Å². The average Bonchev–Trinajstić information content (AvgIpc) is 2.63. The fraction of sp³-hybridized carbons (Fsp3) is 0.0952. The molecule has 0 N–H and O–H groups in total. The van der Waals surface area contributed by atoms with Crippen LogP contribution in [-0.4, -0.2) is 6.16 Å². The summed E-state index contributed by atoms with van der Waals surface area (Å²) in [5.74, 6) is 1.09. The van der Waals surface area contributed by atoms with Gasteiger partial charge in [-0.25, -0.2) is 0 Å². The lowest BCUT2D eigenvalue weighted by molar-refractivity contribution is 0.158. The second-order valence-electron chi connectivity index (χ2n) is 5.54. The van der Waals surface area contributed by atoms with Gasteiger partial charge in [0, 0.05) is 5.56 Å². The van der Waals surface area contributed by atoms with Crippen LogP contribution in [0.25, 0.3) is 0 Å². The van der Waals surface area contributed by atoms with Crippen LogP contribution in [-0.2, 0) is 21.1 Å². The largest absolute Gasteiger partial charge is 0.562 e. The lowest BCUT2D eigenvalue weighted by Gasteiger charge is -2.07. The Balaban J connectivity index is 1.75. The minimum absolute atomic E-state index is 0.472. The third kappa shape index (κ3) is 5.13. The molecule has 1 unspecified atom stereocenters. The highest BCUT2D eigenvalue weighted by molar-refractivity contribution is 7.92. The van der Waals surface area contributed by atoms with E-state index in [1.54, 1.807) is 12.1 Å². The summed E-state index contributed by atoms with van der Waals surface area (Å²) >= 11 is -0.725. The van der Waals surface area contributed by atoms with E-state index in [9.17, 15) is 4.79 Å². The normalized spacial score (nSPS) is 11.6. The highest BCUT2D eigenvalue weighted by Crippen LogP contribution is 2.22. The monoisotopic (exact) mass is 351 g/mol. The van der Waals surface area contributed by atoms with E-state index in [1.807, 2.05) is 79.7 Å². The minimum atomic E-state index is -0.725. The fourth-order valence-electron chi connectivity index (χ4n) is 2.26. The molecule has 3 aromatic rings. The van der Waals surface area contributed by atoms with Gasteiger partial charge in [0.2, 0.25) is 16.1 Å². The minimum Gasteiger partial charge on any atom is -0.392 e. The maximum Gasteiger partial charge on any atom is 0.562 e. The van der Waals surface area contributed by atoms with Gasteiger partial charge in [-0.05, 0) is 31.2 Å². The van der Waals surface area contributed by atoms with Crippen LogP contribution in [0.1, 0.15) is 11.1 Å². The van der Waals surface area contributed by atoms with Crippen LogP contribution in [0.2, 0.25) is 0 Å². The quantitative estimate of drug-likeness (QED) is 0.355. The highest BCUT2D eigenvalue weighted by Gasteiger charge is 2.30. The SMILES string of the molecule is Cc1ccc([S+](Cc2ccccc2)OC(=O)Oc2ccccc2)cc1. The molecule has 0 amide bonds. The Morgan fingerprint density at radius 3 is 2.08 bits per heavy atom. The second kappa shape index (κ2) is 8.40. The molecule has 0 bridgehead atoms. The number of hydrogen-bond acceptors (Lipinski definition) is 3. The molecule has 0 aromatic heterocycles. The molecule has 0 heterocycles. The smallest absolute Gasteiger partial charge is 0.392 e. The number of ether oxygens (including phenoxy) is 1. The summed E-state index contributed by atoms with van der Waals surface area (Å²) in [6, 6.07) is 27.0. The number of carbonyl (C=O) groups excluding carboxylic acids is 1. The summed E-state index contributed by atoms with van der Waals surface area (Å²) in [7, 11) is 0. The van der Waals surface area contributed by atoms with Crippen molar-refractivity contribution in [1.82, 2.24) is 0 Å². The van der Waals surface area contributed by atoms with Crippen LogP contribution in [0, 0.1) is 6.92 Å². The summed E-state index contributed by atoms with van der Waals surface area (Å²) in [6.07, 6.45) is -0.689. The number of carbonyl (C=O) groups is 1. The maximum absolute atomic E-state index is 12.2. The molecule has 0 spiro atoms. The molecule has 0 radical (unpaired) electrons. The summed E-state index contributed by atoms with van der Waals surface area (Å²) in [5.41, 5.74) is 2.28. The maximum atomic E-state index is 12.2. The first kappa shape index (κ1) is 17.1. The Morgan fingerprint density at radius 2 is 1.44 bits per heavy atom. The van der Waals surface area contributed by atoms with Crippen molar-refractivity contribution in [3.8, 4) is 5.75 Å². The molecule has 1 atom stereocenters. The Labute approximate surface area is 150 Å². The first-order valence-electron chi connectivity index (χ1n) is 7.97. The molecule has 0 aliphatic carbocycles. The predicted molar refractivity (Wildman–Crippen MR) is 101 cm³/mol. The molecule has 0 saturated heterocycles. The van der Waals surface area contributed by atoms with Gasteiger partial charge in [0.25, 0.3) is 0 Å². The van der Waals surface area contributed by atoms with Crippen molar-refractivity contribution in [2.24, 2.45) is 0 Å². The van der Waals surface area contributed by atoms with Gasteiger partial charge in [-0.3, -0.25) is 0 Å². The van der Waals surface area contributed by atoms with E-state index in [2.05, 4.69) is 0 Å². The van der Waals surface area contributed by atoms with Crippen molar-refractivity contribution in [1.29, 1.82) is 0 Å². The van der Waals surface area contributed by atoms with Crippen molar-refractivity contribution in [3.63, 3.8) is 0 Å². The van der Waals surface area contributed by atoms with Crippen molar-refractivity contribution in [3.05, 3.63) is 96.1 Å². The van der Waals surface area contributed by atoms with Gasteiger partial charge in [-0.2, -0.15) is 8.98 Å². The highest BCUT2D eigenvalue weighted by atomic mass is 32.2. The summed E-state index contributed by atoms with van der Waals surface area (Å²) in [5, 5.41) is 0. The zero-order valence-electron chi connectivity index (χ0n) is 13.9. The molecule has 3 rings (SSSR count). The molecule has 4 heteroatoms. The first-order chi connectivity index (χ1) is 12.2. The van der Waals surface area contributed by atoms with Crippen LogP contribution in [0.15, 0.2) is 89.8 Å². The zero-order valence-corrected chi connectivity index (χ0v) is 14.7. The number of hydrogen-bond donors (Lipinski definition) is 0. The van der Waals surface area contributed by atoms with Gasteiger partial charge in [0.05, 0.1) is 0 Å². The lowest BCUT2D eigenvalue weighted by atomic mass is 10.2. The van der Waals surface area contributed by atoms with Crippen LogP contribution in [0.5, 0.6) is 5.75 Å². The first-order valence-corrected chi connectivity index (χ1v) is 9.29. The molecule has 0 saturated carbocycles. The molecular weight excluding hydrogens is 332 g/mol. The molecule has 25 heavy (non-hydrogen) atoms. The second-order valence-corrected chi connectivity index (χ2v) is 7.15. The average molecular weight is 351 g/mol. The summed E-state index contributed by atoms with van der Waals surface area (Å²) in [6.45, 7) is 2.03. The number of aryl methyl sites for hydroxylation is 1. The van der Waals surface area contributed by atoms with Crippen LogP contribution < -0.4 is 4.74 Å². The fourth-order valence-corrected chi connectivity index (χ4v) is 3.72. The lowest BCUT2D eigenvalue weighted by Crippen LogP contribution is -2.19. The van der Waals surface area contributed by atoms with Crippen LogP contribution in [0.4, 0.5) is 4.79 Å². The summed E-state index contributed by atoms with van der Waals surface area (Å²) < 4.78 is 10.9. The van der Waals surface area contributed by atoms with Gasteiger partial charge < -0.3 is 4.74 Å². The molecule has 0 fully saturated rings. The van der Waals surface area contributed by atoms with Crippen LogP contribution >= 0.6 is 0 Å². The van der Waals surface area contributed by atoms with Crippen molar-refractivity contribution < 1.29 is 13.7 Å². The topological polar surface area (TPSA) is 35.5 Å². The van der Waals surface area contributed by atoms with E-state index in [0.29, 0.717) is 11.5 Å². The van der Waals surface area contributed by atoms with Gasteiger partial charge in [0.15, 0.2) is 5.75 Å². The van der Waals surface area contributed by atoms with E-state index in [-0.39, 0.29) is 0 Å². The van der Waals surface area contributed by atoms with E-state index in [1.165, 1.54) is 5.56 Å². The third-order valence-corrected chi connectivity index (χ3v) is 5.27. The van der Waals surface area contributed by atoms with E-state index in [0.717, 1.165) is 10.5 Å². The predicted octanol–water partition coefficient (Wildman–Crippen LogP) is 5.30. The Bertz CT molecular complexity index is 802. The number of rotatable bonds is 5. The Kier molecular flexibility index (Phi) is 5.75. The number of benzene rings is 3. The van der Waals surface area contributed by atoms with Crippen molar-refractivity contribution >= 4 is 17.3 Å². The standard InChI is InChI=1S/C21H19O3S/c1-17-12-14-20(15-13-17)25(16-18-8-4-2-5-9-18)24-21(22)23-19-10-6-3-7-11-19/h2-15H,16H2,1H3/q+1. The molecular formula is C21H19O3S+.